The van der Waals surface area contributed by atoms with Gasteiger partial charge in [-0.1, -0.05) is 41.3 Å². The molecule has 10 heteroatoms. The number of carbonyl (C=O) groups excluding carboxylic acids is 1. The van der Waals surface area contributed by atoms with Gasteiger partial charge in [0.2, 0.25) is 0 Å². The Bertz CT molecular complexity index is 1380. The maximum Gasteiger partial charge on any atom is 0.289 e. The summed E-state index contributed by atoms with van der Waals surface area (Å²) in [5.41, 5.74) is 2.14. The van der Waals surface area contributed by atoms with Gasteiger partial charge in [0.05, 0.1) is 5.56 Å². The smallest absolute Gasteiger partial charge is 0.289 e. The molecule has 172 valence electrons. The van der Waals surface area contributed by atoms with Crippen molar-refractivity contribution < 1.29 is 9.21 Å². The Labute approximate surface area is 205 Å². The van der Waals surface area contributed by atoms with E-state index in [1.807, 2.05) is 36.1 Å². The van der Waals surface area contributed by atoms with Crippen LogP contribution in [0.25, 0.3) is 11.0 Å². The van der Waals surface area contributed by atoms with E-state index in [0.29, 0.717) is 48.1 Å². The molecule has 0 spiro atoms. The normalized spacial score (nSPS) is 14.2. The van der Waals surface area contributed by atoms with Crippen LogP contribution in [0.5, 0.6) is 0 Å². The molecule has 1 aromatic carbocycles. The monoisotopic (exact) mass is 490 g/mol. The third kappa shape index (κ3) is 4.49. The van der Waals surface area contributed by atoms with Gasteiger partial charge in [-0.05, 0) is 31.5 Å². The zero-order chi connectivity index (χ0) is 23.5. The Balaban J connectivity index is 1.38. The lowest BCUT2D eigenvalue weighted by atomic mass is 10.1. The van der Waals surface area contributed by atoms with Crippen LogP contribution in [0.15, 0.2) is 51.4 Å². The molecule has 0 aliphatic carbocycles. The molecule has 1 saturated heterocycles. The number of pyridine rings is 1. The molecule has 4 heterocycles. The summed E-state index contributed by atoms with van der Waals surface area (Å²) in [7, 11) is 0. The van der Waals surface area contributed by atoms with Crippen LogP contribution in [0.3, 0.4) is 0 Å². The van der Waals surface area contributed by atoms with E-state index in [2.05, 4.69) is 26.2 Å². The number of thioether (sulfide) groups is 1. The van der Waals surface area contributed by atoms with Crippen molar-refractivity contribution in [2.24, 2.45) is 0 Å². The van der Waals surface area contributed by atoms with Crippen molar-refractivity contribution in [1.29, 1.82) is 5.26 Å². The predicted molar refractivity (Wildman–Crippen MR) is 132 cm³/mol. The number of aromatic nitrogens is 3. The van der Waals surface area contributed by atoms with Crippen molar-refractivity contribution in [2.75, 3.05) is 31.1 Å². The zero-order valence-corrected chi connectivity index (χ0v) is 20.2. The number of anilines is 1. The van der Waals surface area contributed by atoms with Crippen molar-refractivity contribution in [3.8, 4) is 6.07 Å². The van der Waals surface area contributed by atoms with E-state index in [1.165, 1.54) is 0 Å². The highest BCUT2D eigenvalue weighted by molar-refractivity contribution is 8.00. The van der Waals surface area contributed by atoms with Crippen LogP contribution in [0.2, 0.25) is 0 Å². The van der Waals surface area contributed by atoms with E-state index >= 15 is 0 Å². The Kier molecular flexibility index (Phi) is 6.47. The second-order valence-electron chi connectivity index (χ2n) is 7.90. The minimum Gasteiger partial charge on any atom is -0.451 e. The maximum atomic E-state index is 13.6. The summed E-state index contributed by atoms with van der Waals surface area (Å²) in [4.78, 5) is 22.0. The number of nitriles is 1. The molecule has 0 unspecified atom stereocenters. The van der Waals surface area contributed by atoms with Gasteiger partial charge in [-0.15, -0.1) is 10.2 Å². The number of hydrogen-bond acceptors (Lipinski definition) is 9. The van der Waals surface area contributed by atoms with Crippen LogP contribution < -0.4 is 4.90 Å². The summed E-state index contributed by atoms with van der Waals surface area (Å²) >= 11 is 3.11. The van der Waals surface area contributed by atoms with Gasteiger partial charge in [-0.25, -0.2) is 4.98 Å². The fourth-order valence-electron chi connectivity index (χ4n) is 4.10. The minimum absolute atomic E-state index is 0.108. The number of furan rings is 1. The molecule has 1 aliphatic heterocycles. The first kappa shape index (κ1) is 22.4. The summed E-state index contributed by atoms with van der Waals surface area (Å²) in [5, 5.41) is 19.6. The number of rotatable bonds is 5. The number of carbonyl (C=O) groups is 1. The first-order valence-electron chi connectivity index (χ1n) is 11.0. The van der Waals surface area contributed by atoms with Crippen molar-refractivity contribution in [3.05, 3.63) is 64.5 Å². The van der Waals surface area contributed by atoms with Crippen LogP contribution >= 0.6 is 23.1 Å². The molecule has 1 fully saturated rings. The number of hydrogen-bond donors (Lipinski definition) is 0. The second kappa shape index (κ2) is 9.83. The fourth-order valence-corrected chi connectivity index (χ4v) is 5.94. The van der Waals surface area contributed by atoms with Crippen molar-refractivity contribution in [1.82, 2.24) is 20.1 Å². The van der Waals surface area contributed by atoms with Crippen molar-refractivity contribution in [2.45, 2.75) is 23.4 Å². The molecule has 0 atom stereocenters. The van der Waals surface area contributed by atoms with E-state index in [0.717, 1.165) is 33.3 Å². The highest BCUT2D eigenvalue weighted by Gasteiger charge is 2.28. The number of para-hydroxylation sites is 1. The number of aryl methyl sites for hydroxylation is 1. The van der Waals surface area contributed by atoms with Crippen LogP contribution in [0.1, 0.15) is 33.1 Å². The van der Waals surface area contributed by atoms with E-state index < -0.39 is 0 Å². The molecule has 0 bridgehead atoms. The number of benzene rings is 1. The van der Waals surface area contributed by atoms with E-state index in [9.17, 15) is 10.1 Å². The van der Waals surface area contributed by atoms with Gasteiger partial charge < -0.3 is 14.2 Å². The third-order valence-electron chi connectivity index (χ3n) is 5.73. The second-order valence-corrected chi connectivity index (χ2v) is 10.3. The van der Waals surface area contributed by atoms with Gasteiger partial charge in [-0.2, -0.15) is 5.26 Å². The lowest BCUT2D eigenvalue weighted by molar-refractivity contribution is 0.0736. The number of nitrogens with zero attached hydrogens (tertiary/aromatic N) is 6. The lowest BCUT2D eigenvalue weighted by Gasteiger charge is -2.23. The zero-order valence-electron chi connectivity index (χ0n) is 18.6. The fraction of sp³-hybridized carbons (Fsp3) is 0.292. The standard InChI is InChI=1S/C24H22N6O2S2/c1-16-27-28-24(34-16)33-15-19-18-7-2-3-8-20(18)32-21(19)23(31)30-11-5-10-29(12-13-30)22-17(14-25)6-4-9-26-22/h2-4,6-9H,5,10-13,15H2,1H3. The Morgan fingerprint density at radius 2 is 2.06 bits per heavy atom. The van der Waals surface area contributed by atoms with E-state index in [4.69, 9.17) is 4.42 Å². The number of fused-ring (bicyclic) bond motifs is 1. The summed E-state index contributed by atoms with van der Waals surface area (Å²) in [6.45, 7) is 4.40. The maximum absolute atomic E-state index is 13.6. The molecular formula is C24H22N6O2S2. The molecule has 4 aromatic rings. The molecule has 5 rings (SSSR count). The van der Waals surface area contributed by atoms with Gasteiger partial charge in [0.1, 0.15) is 22.5 Å². The van der Waals surface area contributed by atoms with Crippen molar-refractivity contribution in [3.63, 3.8) is 0 Å². The number of amides is 1. The molecule has 0 N–H and O–H groups in total. The van der Waals surface area contributed by atoms with Crippen LogP contribution in [0.4, 0.5) is 5.82 Å². The lowest BCUT2D eigenvalue weighted by Crippen LogP contribution is -2.35. The summed E-state index contributed by atoms with van der Waals surface area (Å²) < 4.78 is 6.96. The first-order valence-corrected chi connectivity index (χ1v) is 12.8. The molecule has 3 aromatic heterocycles. The average Bonchev–Trinajstić information content (AvgIpc) is 3.36. The van der Waals surface area contributed by atoms with Gasteiger partial charge in [0, 0.05) is 49.1 Å². The predicted octanol–water partition coefficient (Wildman–Crippen LogP) is 4.50. The average molecular weight is 491 g/mol. The molecule has 0 saturated carbocycles. The minimum atomic E-state index is -0.108. The van der Waals surface area contributed by atoms with E-state index in [-0.39, 0.29) is 5.91 Å². The molecule has 34 heavy (non-hydrogen) atoms. The SMILES string of the molecule is Cc1nnc(SCc2c(C(=O)N3CCCN(c4ncccc4C#N)CC3)oc3ccccc23)s1. The Hall–Kier alpha value is -3.42. The molecule has 1 amide bonds. The Morgan fingerprint density at radius 1 is 1.18 bits per heavy atom. The van der Waals surface area contributed by atoms with Crippen molar-refractivity contribution >= 4 is 45.8 Å². The summed E-state index contributed by atoms with van der Waals surface area (Å²) in [5.74, 6) is 1.53. The largest absolute Gasteiger partial charge is 0.451 e. The summed E-state index contributed by atoms with van der Waals surface area (Å²) in [6, 6.07) is 13.5. The topological polar surface area (TPSA) is 99.2 Å². The van der Waals surface area contributed by atoms with Gasteiger partial charge in [-0.3, -0.25) is 4.79 Å². The van der Waals surface area contributed by atoms with Crippen LogP contribution in [0, 0.1) is 18.3 Å². The molecular weight excluding hydrogens is 468 g/mol. The molecule has 0 radical (unpaired) electrons. The third-order valence-corrected chi connectivity index (χ3v) is 7.73. The van der Waals surface area contributed by atoms with E-state index in [1.54, 1.807) is 41.4 Å². The highest BCUT2D eigenvalue weighted by atomic mass is 32.2. The van der Waals surface area contributed by atoms with Gasteiger partial charge >= 0.3 is 0 Å². The van der Waals surface area contributed by atoms with Gasteiger partial charge in [0.15, 0.2) is 10.1 Å². The quantitative estimate of drug-likeness (QED) is 0.377. The summed E-state index contributed by atoms with van der Waals surface area (Å²) in [6.07, 6.45) is 2.48. The Morgan fingerprint density at radius 3 is 2.88 bits per heavy atom. The van der Waals surface area contributed by atoms with Crippen LogP contribution in [-0.4, -0.2) is 52.2 Å². The highest BCUT2D eigenvalue weighted by Crippen LogP contribution is 2.34. The molecule has 1 aliphatic rings. The van der Waals surface area contributed by atoms with Gasteiger partial charge in [0.25, 0.3) is 5.91 Å². The molecule has 8 nitrogen and oxygen atoms in total. The first-order chi connectivity index (χ1) is 16.6. The van der Waals surface area contributed by atoms with Crippen LogP contribution in [-0.2, 0) is 5.75 Å².